The van der Waals surface area contributed by atoms with Gasteiger partial charge >= 0.3 is 39.5 Å². The van der Waals surface area contributed by atoms with E-state index in [1.54, 1.807) is 0 Å². The minimum absolute atomic E-state index is 0.107. The van der Waals surface area contributed by atoms with Crippen molar-refractivity contribution in [2.45, 2.75) is 432 Å². The lowest BCUT2D eigenvalue weighted by Crippen LogP contribution is -2.30. The summed E-state index contributed by atoms with van der Waals surface area (Å²) >= 11 is 0. The number of hydrogen-bond donors (Lipinski definition) is 3. The van der Waals surface area contributed by atoms with Gasteiger partial charge in [-0.15, -0.1) is 0 Å². The van der Waals surface area contributed by atoms with E-state index in [1.807, 2.05) is 0 Å². The van der Waals surface area contributed by atoms with Gasteiger partial charge < -0.3 is 33.8 Å². The van der Waals surface area contributed by atoms with Crippen LogP contribution >= 0.6 is 15.6 Å². The molecule has 0 aromatic rings. The molecule has 3 N–H and O–H groups in total. The number of carbonyl (C=O) groups excluding carboxylic acids is 4. The molecule has 97 heavy (non-hydrogen) atoms. The van der Waals surface area contributed by atoms with Crippen molar-refractivity contribution in [2.75, 3.05) is 39.6 Å². The first-order valence-corrected chi connectivity index (χ1v) is 43.6. The van der Waals surface area contributed by atoms with Crippen LogP contribution in [0.3, 0.4) is 0 Å². The molecule has 5 atom stereocenters. The fourth-order valence-electron chi connectivity index (χ4n) is 12.1. The van der Waals surface area contributed by atoms with Crippen LogP contribution in [0.4, 0.5) is 0 Å². The Kier molecular flexibility index (Phi) is 69.6. The predicted octanol–water partition coefficient (Wildman–Crippen LogP) is 23.3. The largest absolute Gasteiger partial charge is 0.472 e. The topological polar surface area (TPSA) is 237 Å². The molecule has 0 radical (unpaired) electrons. The zero-order chi connectivity index (χ0) is 71.2. The molecule has 0 aliphatic carbocycles. The van der Waals surface area contributed by atoms with E-state index in [9.17, 15) is 43.2 Å². The molecule has 0 aliphatic rings. The van der Waals surface area contributed by atoms with Crippen molar-refractivity contribution in [1.29, 1.82) is 0 Å². The van der Waals surface area contributed by atoms with E-state index < -0.39 is 97.5 Å². The SMILES string of the molecule is CCCCCCCCCCCCCCCCCCCCCC(=O)O[C@H](COC(=O)CCCCCCCCCCCCCCCCCC(C)C)COP(=O)(O)OC[C@@H](O)COP(=O)(O)OC[C@@H](COC(=O)CCCCCCCCCCCC)OC(=O)CCCCCCCCCCCC. The lowest BCUT2D eigenvalue weighted by molar-refractivity contribution is -0.161. The van der Waals surface area contributed by atoms with Gasteiger partial charge in [-0.3, -0.25) is 37.3 Å². The molecular formula is C78H152O17P2. The van der Waals surface area contributed by atoms with Crippen LogP contribution in [0.2, 0.25) is 0 Å². The monoisotopic (exact) mass is 1420 g/mol. The summed E-state index contributed by atoms with van der Waals surface area (Å²) < 4.78 is 68.5. The van der Waals surface area contributed by atoms with Crippen LogP contribution in [0.15, 0.2) is 0 Å². The summed E-state index contributed by atoms with van der Waals surface area (Å²) in [5, 5.41) is 10.6. The maximum atomic E-state index is 13.1. The first-order chi connectivity index (χ1) is 47.0. The molecule has 0 saturated heterocycles. The van der Waals surface area contributed by atoms with Gasteiger partial charge in [-0.1, -0.05) is 362 Å². The van der Waals surface area contributed by atoms with E-state index in [0.717, 1.165) is 95.8 Å². The molecule has 0 amide bonds. The van der Waals surface area contributed by atoms with Crippen molar-refractivity contribution in [1.82, 2.24) is 0 Å². The summed E-state index contributed by atoms with van der Waals surface area (Å²) in [4.78, 5) is 72.8. The minimum Gasteiger partial charge on any atom is -0.462 e. The van der Waals surface area contributed by atoms with Gasteiger partial charge in [-0.2, -0.15) is 0 Å². The molecule has 0 aromatic carbocycles. The maximum absolute atomic E-state index is 13.1. The minimum atomic E-state index is -4.96. The zero-order valence-electron chi connectivity index (χ0n) is 63.2. The van der Waals surface area contributed by atoms with Crippen molar-refractivity contribution in [3.8, 4) is 0 Å². The summed E-state index contributed by atoms with van der Waals surface area (Å²) in [5.41, 5.74) is 0. The summed E-state index contributed by atoms with van der Waals surface area (Å²) in [7, 11) is -9.91. The molecule has 0 rings (SSSR count). The van der Waals surface area contributed by atoms with Crippen LogP contribution in [0.1, 0.15) is 413 Å². The number of phosphoric ester groups is 2. The molecule has 17 nitrogen and oxygen atoms in total. The first-order valence-electron chi connectivity index (χ1n) is 40.6. The van der Waals surface area contributed by atoms with Crippen LogP contribution in [0, 0.1) is 5.92 Å². The number of unbranched alkanes of at least 4 members (excludes halogenated alkanes) is 50. The quantitative estimate of drug-likeness (QED) is 0.0222. The second kappa shape index (κ2) is 71.1. The molecule has 0 aromatic heterocycles. The fraction of sp³-hybridized carbons (Fsp3) is 0.949. The Hall–Kier alpha value is -1.94. The van der Waals surface area contributed by atoms with E-state index in [0.29, 0.717) is 25.7 Å². The van der Waals surface area contributed by atoms with Crippen LogP contribution in [0.25, 0.3) is 0 Å². The molecular weight excluding hydrogens is 1270 g/mol. The van der Waals surface area contributed by atoms with Gasteiger partial charge in [0.15, 0.2) is 12.2 Å². The number of ether oxygens (including phenoxy) is 4. The molecule has 0 aliphatic heterocycles. The summed E-state index contributed by atoms with van der Waals surface area (Å²) in [6.45, 7) is 7.32. The Morgan fingerprint density at radius 2 is 0.474 bits per heavy atom. The Balaban J connectivity index is 5.20. The van der Waals surface area contributed by atoms with Gasteiger partial charge in [-0.25, -0.2) is 9.13 Å². The molecule has 576 valence electrons. The molecule has 19 heteroatoms. The van der Waals surface area contributed by atoms with E-state index in [1.165, 1.54) is 238 Å². The van der Waals surface area contributed by atoms with E-state index in [-0.39, 0.29) is 25.7 Å². The molecule has 0 heterocycles. The fourth-order valence-corrected chi connectivity index (χ4v) is 13.6. The molecule has 0 bridgehead atoms. The average molecular weight is 1420 g/mol. The van der Waals surface area contributed by atoms with Crippen molar-refractivity contribution >= 4 is 39.5 Å². The van der Waals surface area contributed by atoms with Gasteiger partial charge in [0.2, 0.25) is 0 Å². The highest BCUT2D eigenvalue weighted by Crippen LogP contribution is 2.45. The number of carbonyl (C=O) groups is 4. The van der Waals surface area contributed by atoms with Crippen LogP contribution < -0.4 is 0 Å². The van der Waals surface area contributed by atoms with Crippen molar-refractivity contribution in [3.63, 3.8) is 0 Å². The van der Waals surface area contributed by atoms with E-state index in [2.05, 4.69) is 34.6 Å². The van der Waals surface area contributed by atoms with Crippen LogP contribution in [-0.4, -0.2) is 96.7 Å². The van der Waals surface area contributed by atoms with Gasteiger partial charge in [-0.05, 0) is 31.6 Å². The average Bonchev–Trinajstić information content (AvgIpc) is 1.18. The smallest absolute Gasteiger partial charge is 0.462 e. The van der Waals surface area contributed by atoms with Crippen molar-refractivity contribution in [2.24, 2.45) is 5.92 Å². The lowest BCUT2D eigenvalue weighted by atomic mass is 10.0. The highest BCUT2D eigenvalue weighted by atomic mass is 31.2. The van der Waals surface area contributed by atoms with Gasteiger partial charge in [0.25, 0.3) is 0 Å². The van der Waals surface area contributed by atoms with Crippen LogP contribution in [-0.2, 0) is 65.4 Å². The van der Waals surface area contributed by atoms with E-state index >= 15 is 0 Å². The third-order valence-electron chi connectivity index (χ3n) is 18.3. The Morgan fingerprint density at radius 1 is 0.278 bits per heavy atom. The van der Waals surface area contributed by atoms with Gasteiger partial charge in [0, 0.05) is 25.7 Å². The number of aliphatic hydroxyl groups excluding tert-OH is 1. The Labute approximate surface area is 594 Å². The second-order valence-electron chi connectivity index (χ2n) is 28.6. The lowest BCUT2D eigenvalue weighted by Gasteiger charge is -2.21. The maximum Gasteiger partial charge on any atom is 0.472 e. The second-order valence-corrected chi connectivity index (χ2v) is 31.5. The van der Waals surface area contributed by atoms with Crippen molar-refractivity contribution in [3.05, 3.63) is 0 Å². The number of esters is 4. The number of hydrogen-bond acceptors (Lipinski definition) is 15. The number of rotatable bonds is 78. The third-order valence-corrected chi connectivity index (χ3v) is 20.2. The Morgan fingerprint density at radius 3 is 0.701 bits per heavy atom. The molecule has 0 saturated carbocycles. The highest BCUT2D eigenvalue weighted by molar-refractivity contribution is 7.47. The van der Waals surface area contributed by atoms with Gasteiger partial charge in [0.1, 0.15) is 19.3 Å². The predicted molar refractivity (Wildman–Crippen MR) is 395 cm³/mol. The Bertz CT molecular complexity index is 1860. The number of phosphoric acid groups is 2. The summed E-state index contributed by atoms with van der Waals surface area (Å²) in [5.74, 6) is -1.30. The zero-order valence-corrected chi connectivity index (χ0v) is 65.0. The summed E-state index contributed by atoms with van der Waals surface area (Å²) in [6.07, 6.45) is 61.0. The summed E-state index contributed by atoms with van der Waals surface area (Å²) in [6, 6.07) is 0. The van der Waals surface area contributed by atoms with E-state index in [4.69, 9.17) is 37.0 Å². The number of aliphatic hydroxyl groups is 1. The van der Waals surface area contributed by atoms with Crippen molar-refractivity contribution < 1.29 is 80.2 Å². The highest BCUT2D eigenvalue weighted by Gasteiger charge is 2.30. The normalized spacial score (nSPS) is 13.9. The molecule has 2 unspecified atom stereocenters. The standard InChI is InChI=1S/C78H152O17P2/c1-6-9-12-15-18-21-24-25-26-27-28-29-32-36-39-44-49-54-59-64-78(83)95-74(68-89-76(81)62-57-52-47-43-38-35-33-30-31-34-37-40-45-50-55-60-71(4)5)70-93-97(86,87)91-66-72(79)65-90-96(84,85)92-69-73(94-77(82)63-58-53-48-42-23-20-17-14-11-8-3)67-88-75(80)61-56-51-46-41-22-19-16-13-10-7-2/h71-74,79H,6-70H2,1-5H3,(H,84,85)(H,86,87)/t72-,73+,74+/m0/s1. The first kappa shape index (κ1) is 95.1. The van der Waals surface area contributed by atoms with Gasteiger partial charge in [0.05, 0.1) is 26.4 Å². The molecule has 0 spiro atoms. The molecule has 0 fully saturated rings. The third kappa shape index (κ3) is 72.2. The van der Waals surface area contributed by atoms with Crippen LogP contribution in [0.5, 0.6) is 0 Å².